The molecule has 100 valence electrons. The Morgan fingerprint density at radius 2 is 1.82 bits per heavy atom. The molecule has 2 saturated carbocycles. The van der Waals surface area contributed by atoms with Gasteiger partial charge in [-0.2, -0.15) is 0 Å². The topological polar surface area (TPSA) is 0 Å². The van der Waals surface area contributed by atoms with Crippen LogP contribution in [0.5, 0.6) is 0 Å². The van der Waals surface area contributed by atoms with Gasteiger partial charge >= 0.3 is 0 Å². The Labute approximate surface area is 109 Å². The minimum Gasteiger partial charge on any atom is -0.0654 e. The van der Waals surface area contributed by atoms with Crippen LogP contribution in [0.4, 0.5) is 0 Å². The molecule has 0 aromatic heterocycles. The third kappa shape index (κ3) is 3.06. The van der Waals surface area contributed by atoms with Crippen LogP contribution < -0.4 is 0 Å². The summed E-state index contributed by atoms with van der Waals surface area (Å²) in [7, 11) is 0. The van der Waals surface area contributed by atoms with E-state index >= 15 is 0 Å². The minimum absolute atomic E-state index is 0.890. The van der Waals surface area contributed by atoms with Crippen molar-refractivity contribution in [2.24, 2.45) is 23.2 Å². The maximum absolute atomic E-state index is 2.50. The van der Waals surface area contributed by atoms with Gasteiger partial charge in [0.25, 0.3) is 0 Å². The summed E-state index contributed by atoms with van der Waals surface area (Å²) in [4.78, 5) is 0. The van der Waals surface area contributed by atoms with Gasteiger partial charge in [0.1, 0.15) is 0 Å². The van der Waals surface area contributed by atoms with Crippen molar-refractivity contribution in [1.29, 1.82) is 0 Å². The molecule has 2 rings (SSSR count). The molecule has 2 unspecified atom stereocenters. The third-order valence-corrected chi connectivity index (χ3v) is 5.88. The number of rotatable bonds is 7. The van der Waals surface area contributed by atoms with Gasteiger partial charge in [0.15, 0.2) is 0 Å². The van der Waals surface area contributed by atoms with Crippen molar-refractivity contribution in [3.8, 4) is 0 Å². The maximum atomic E-state index is 2.50. The SMILES string of the molecule is CCCC(CC)C(C)CCC1CC2(CCC2)C1. The molecule has 0 aromatic rings. The smallest absolute Gasteiger partial charge is 0.0292 e. The van der Waals surface area contributed by atoms with Crippen LogP contribution >= 0.6 is 0 Å². The molecular weight excluding hydrogens is 204 g/mol. The minimum atomic E-state index is 0.890. The van der Waals surface area contributed by atoms with Gasteiger partial charge in [-0.25, -0.2) is 0 Å². The van der Waals surface area contributed by atoms with Gasteiger partial charge in [-0.3, -0.25) is 0 Å². The molecule has 0 heterocycles. The lowest BCUT2D eigenvalue weighted by Crippen LogP contribution is -2.42. The quantitative estimate of drug-likeness (QED) is 0.523. The molecule has 0 amide bonds. The Morgan fingerprint density at radius 1 is 1.12 bits per heavy atom. The van der Waals surface area contributed by atoms with E-state index in [0.717, 1.165) is 23.2 Å². The maximum Gasteiger partial charge on any atom is -0.0292 e. The van der Waals surface area contributed by atoms with E-state index in [4.69, 9.17) is 0 Å². The first kappa shape index (κ1) is 13.4. The first-order valence-corrected chi connectivity index (χ1v) is 8.19. The number of hydrogen-bond donors (Lipinski definition) is 0. The molecule has 2 aliphatic rings. The average Bonchev–Trinajstić information content (AvgIpc) is 2.21. The van der Waals surface area contributed by atoms with Gasteiger partial charge in [-0.15, -0.1) is 0 Å². The zero-order valence-corrected chi connectivity index (χ0v) is 12.3. The lowest BCUT2D eigenvalue weighted by atomic mass is 9.51. The van der Waals surface area contributed by atoms with Crippen LogP contribution in [0.1, 0.15) is 85.0 Å². The van der Waals surface area contributed by atoms with E-state index in [2.05, 4.69) is 20.8 Å². The van der Waals surface area contributed by atoms with Gasteiger partial charge < -0.3 is 0 Å². The highest BCUT2D eigenvalue weighted by atomic mass is 14.5. The standard InChI is InChI=1S/C17H32/c1-4-7-16(5-2)14(3)8-9-15-12-17(13-15)10-6-11-17/h14-16H,4-13H2,1-3H3. The highest BCUT2D eigenvalue weighted by Gasteiger charge is 2.47. The molecule has 0 N–H and O–H groups in total. The van der Waals surface area contributed by atoms with E-state index in [1.165, 1.54) is 38.5 Å². The molecule has 0 aliphatic heterocycles. The summed E-state index contributed by atoms with van der Waals surface area (Å²) in [5, 5.41) is 0. The van der Waals surface area contributed by atoms with Gasteiger partial charge in [0.2, 0.25) is 0 Å². The lowest BCUT2D eigenvalue weighted by Gasteiger charge is -2.54. The summed E-state index contributed by atoms with van der Waals surface area (Å²) in [6, 6.07) is 0. The highest BCUT2D eigenvalue weighted by molar-refractivity contribution is 4.98. The molecule has 0 bridgehead atoms. The van der Waals surface area contributed by atoms with Crippen molar-refractivity contribution < 1.29 is 0 Å². The van der Waals surface area contributed by atoms with Gasteiger partial charge in [0, 0.05) is 0 Å². The van der Waals surface area contributed by atoms with E-state index in [1.807, 2.05) is 0 Å². The van der Waals surface area contributed by atoms with Crippen molar-refractivity contribution in [2.45, 2.75) is 85.0 Å². The van der Waals surface area contributed by atoms with Crippen LogP contribution in [-0.4, -0.2) is 0 Å². The van der Waals surface area contributed by atoms with Crippen molar-refractivity contribution in [2.75, 3.05) is 0 Å². The molecular formula is C17H32. The average molecular weight is 236 g/mol. The second-order valence-electron chi connectivity index (χ2n) is 7.14. The van der Waals surface area contributed by atoms with Crippen LogP contribution in [-0.2, 0) is 0 Å². The summed E-state index contributed by atoms with van der Waals surface area (Å²) in [6.45, 7) is 7.22. The molecule has 0 saturated heterocycles. The fraction of sp³-hybridized carbons (Fsp3) is 1.00. The van der Waals surface area contributed by atoms with Crippen molar-refractivity contribution >= 4 is 0 Å². The largest absolute Gasteiger partial charge is 0.0654 e. The van der Waals surface area contributed by atoms with Crippen LogP contribution in [0.2, 0.25) is 0 Å². The van der Waals surface area contributed by atoms with Crippen LogP contribution in [0.15, 0.2) is 0 Å². The second-order valence-corrected chi connectivity index (χ2v) is 7.14. The molecule has 2 aliphatic carbocycles. The first-order chi connectivity index (χ1) is 8.19. The van der Waals surface area contributed by atoms with Crippen molar-refractivity contribution in [3.05, 3.63) is 0 Å². The first-order valence-electron chi connectivity index (χ1n) is 8.19. The van der Waals surface area contributed by atoms with Crippen LogP contribution in [0.25, 0.3) is 0 Å². The Kier molecular flexibility index (Phi) is 4.55. The van der Waals surface area contributed by atoms with E-state index in [9.17, 15) is 0 Å². The molecule has 2 fully saturated rings. The Morgan fingerprint density at radius 3 is 2.29 bits per heavy atom. The van der Waals surface area contributed by atoms with E-state index in [0.29, 0.717) is 0 Å². The zero-order chi connectivity index (χ0) is 12.3. The number of hydrogen-bond acceptors (Lipinski definition) is 0. The van der Waals surface area contributed by atoms with Crippen LogP contribution in [0.3, 0.4) is 0 Å². The fourth-order valence-corrected chi connectivity index (χ4v) is 4.45. The normalized spacial score (nSPS) is 26.3. The van der Waals surface area contributed by atoms with Crippen molar-refractivity contribution in [3.63, 3.8) is 0 Å². The summed E-state index contributed by atoms with van der Waals surface area (Å²) in [6.07, 6.45) is 15.1. The third-order valence-electron chi connectivity index (χ3n) is 5.88. The molecule has 0 nitrogen and oxygen atoms in total. The summed E-state index contributed by atoms with van der Waals surface area (Å²) in [5.41, 5.74) is 0.890. The summed E-state index contributed by atoms with van der Waals surface area (Å²) >= 11 is 0. The molecule has 0 radical (unpaired) electrons. The molecule has 17 heavy (non-hydrogen) atoms. The molecule has 0 aromatic carbocycles. The second kappa shape index (κ2) is 5.76. The Balaban J connectivity index is 1.61. The predicted molar refractivity (Wildman–Crippen MR) is 76.1 cm³/mol. The summed E-state index contributed by atoms with van der Waals surface area (Å²) in [5.74, 6) is 3.08. The van der Waals surface area contributed by atoms with Gasteiger partial charge in [-0.1, -0.05) is 59.3 Å². The lowest BCUT2D eigenvalue weighted by molar-refractivity contribution is -0.0304. The highest BCUT2D eigenvalue weighted by Crippen LogP contribution is 2.59. The molecule has 0 heteroatoms. The molecule has 2 atom stereocenters. The Hall–Kier alpha value is 0. The van der Waals surface area contributed by atoms with E-state index in [-0.39, 0.29) is 0 Å². The van der Waals surface area contributed by atoms with Crippen molar-refractivity contribution in [1.82, 2.24) is 0 Å². The van der Waals surface area contributed by atoms with E-state index < -0.39 is 0 Å². The summed E-state index contributed by atoms with van der Waals surface area (Å²) < 4.78 is 0. The molecule has 1 spiro atoms. The Bertz CT molecular complexity index is 218. The van der Waals surface area contributed by atoms with Crippen LogP contribution in [0, 0.1) is 23.2 Å². The monoisotopic (exact) mass is 236 g/mol. The predicted octanol–water partition coefficient (Wildman–Crippen LogP) is 5.81. The van der Waals surface area contributed by atoms with Gasteiger partial charge in [0.05, 0.1) is 0 Å². The fourth-order valence-electron chi connectivity index (χ4n) is 4.45. The zero-order valence-electron chi connectivity index (χ0n) is 12.3. The van der Waals surface area contributed by atoms with Gasteiger partial charge in [-0.05, 0) is 48.9 Å². The van der Waals surface area contributed by atoms with E-state index in [1.54, 1.807) is 25.7 Å².